The molecule has 0 aromatic carbocycles. The van der Waals surface area contributed by atoms with Crippen LogP contribution < -0.4 is 5.73 Å². The van der Waals surface area contributed by atoms with E-state index in [2.05, 4.69) is 24.0 Å². The van der Waals surface area contributed by atoms with Crippen LogP contribution in [0.3, 0.4) is 0 Å². The van der Waals surface area contributed by atoms with E-state index in [1.54, 1.807) is 0 Å². The molecule has 0 aliphatic heterocycles. The lowest BCUT2D eigenvalue weighted by Crippen LogP contribution is -2.18. The van der Waals surface area contributed by atoms with Crippen molar-refractivity contribution in [2.24, 2.45) is 5.73 Å². The van der Waals surface area contributed by atoms with Crippen LogP contribution in [0.15, 0.2) is 4.52 Å². The standard InChI is InChI=1S/C13H25N3O2/c1-4-7-10(8-5-2)13-15-12(16-18-13)11(14)9-17-6-3/h10-11H,4-9,14H2,1-3H3. The van der Waals surface area contributed by atoms with Crippen LogP contribution in [-0.4, -0.2) is 23.4 Å². The summed E-state index contributed by atoms with van der Waals surface area (Å²) in [6.45, 7) is 7.35. The average molecular weight is 255 g/mol. The van der Waals surface area contributed by atoms with E-state index in [0.717, 1.165) is 31.6 Å². The van der Waals surface area contributed by atoms with Crippen LogP contribution in [0.1, 0.15) is 70.1 Å². The lowest BCUT2D eigenvalue weighted by molar-refractivity contribution is 0.130. The Hall–Kier alpha value is -0.940. The normalized spacial score (nSPS) is 13.2. The number of nitrogens with zero attached hydrogens (tertiary/aromatic N) is 2. The van der Waals surface area contributed by atoms with Gasteiger partial charge in [0, 0.05) is 12.5 Å². The average Bonchev–Trinajstić information content (AvgIpc) is 2.85. The number of rotatable bonds is 9. The molecule has 0 amide bonds. The monoisotopic (exact) mass is 255 g/mol. The Morgan fingerprint density at radius 3 is 2.44 bits per heavy atom. The molecule has 0 aliphatic rings. The molecule has 0 bridgehead atoms. The van der Waals surface area contributed by atoms with Gasteiger partial charge in [0.25, 0.3) is 0 Å². The van der Waals surface area contributed by atoms with Crippen LogP contribution in [0, 0.1) is 0 Å². The van der Waals surface area contributed by atoms with Crippen molar-refractivity contribution in [3.8, 4) is 0 Å². The molecule has 0 fully saturated rings. The van der Waals surface area contributed by atoms with E-state index in [1.165, 1.54) is 0 Å². The van der Waals surface area contributed by atoms with Crippen LogP contribution in [0.2, 0.25) is 0 Å². The van der Waals surface area contributed by atoms with Gasteiger partial charge in [0.05, 0.1) is 12.6 Å². The van der Waals surface area contributed by atoms with Gasteiger partial charge < -0.3 is 15.0 Å². The Morgan fingerprint density at radius 1 is 1.22 bits per heavy atom. The Morgan fingerprint density at radius 2 is 1.89 bits per heavy atom. The molecular weight excluding hydrogens is 230 g/mol. The van der Waals surface area contributed by atoms with Crippen LogP contribution in [0.25, 0.3) is 0 Å². The van der Waals surface area contributed by atoms with Crippen LogP contribution in [0.5, 0.6) is 0 Å². The number of hydrogen-bond acceptors (Lipinski definition) is 5. The van der Waals surface area contributed by atoms with Gasteiger partial charge >= 0.3 is 0 Å². The number of hydrogen-bond donors (Lipinski definition) is 1. The molecule has 0 radical (unpaired) electrons. The molecule has 18 heavy (non-hydrogen) atoms. The van der Waals surface area contributed by atoms with Crippen LogP contribution >= 0.6 is 0 Å². The molecule has 5 nitrogen and oxygen atoms in total. The van der Waals surface area contributed by atoms with Crippen molar-refractivity contribution in [3.05, 3.63) is 11.7 Å². The third-order valence-electron chi connectivity index (χ3n) is 2.91. The molecule has 0 aliphatic carbocycles. The fraction of sp³-hybridized carbons (Fsp3) is 0.846. The minimum atomic E-state index is -0.300. The Labute approximate surface area is 109 Å². The van der Waals surface area contributed by atoms with Gasteiger partial charge in [-0.2, -0.15) is 4.98 Å². The summed E-state index contributed by atoms with van der Waals surface area (Å²) in [4.78, 5) is 4.42. The highest BCUT2D eigenvalue weighted by molar-refractivity contribution is 4.97. The fourth-order valence-corrected chi connectivity index (χ4v) is 1.97. The smallest absolute Gasteiger partial charge is 0.229 e. The number of aromatic nitrogens is 2. The molecule has 0 saturated carbocycles. The lowest BCUT2D eigenvalue weighted by atomic mass is 9.98. The van der Waals surface area contributed by atoms with Crippen molar-refractivity contribution in [1.29, 1.82) is 0 Å². The first-order valence-electron chi connectivity index (χ1n) is 6.89. The summed E-state index contributed by atoms with van der Waals surface area (Å²) in [5.41, 5.74) is 5.93. The minimum Gasteiger partial charge on any atom is -0.380 e. The number of ether oxygens (including phenoxy) is 1. The molecular formula is C13H25N3O2. The van der Waals surface area contributed by atoms with Crippen molar-refractivity contribution in [1.82, 2.24) is 10.1 Å². The third-order valence-corrected chi connectivity index (χ3v) is 2.91. The van der Waals surface area contributed by atoms with Gasteiger partial charge in [0.15, 0.2) is 5.82 Å². The summed E-state index contributed by atoms with van der Waals surface area (Å²) in [6.07, 6.45) is 4.40. The third kappa shape index (κ3) is 4.38. The van der Waals surface area contributed by atoms with Crippen molar-refractivity contribution < 1.29 is 9.26 Å². The second-order valence-electron chi connectivity index (χ2n) is 4.53. The van der Waals surface area contributed by atoms with Gasteiger partial charge in [0.2, 0.25) is 5.89 Å². The van der Waals surface area contributed by atoms with E-state index in [1.807, 2.05) is 6.92 Å². The molecule has 1 aromatic rings. The Bertz CT molecular complexity index is 322. The van der Waals surface area contributed by atoms with Crippen molar-refractivity contribution in [2.75, 3.05) is 13.2 Å². The summed E-state index contributed by atoms with van der Waals surface area (Å²) in [6, 6.07) is -0.300. The van der Waals surface area contributed by atoms with Crippen LogP contribution in [0.4, 0.5) is 0 Å². The summed E-state index contributed by atoms with van der Waals surface area (Å²) >= 11 is 0. The molecule has 0 saturated heterocycles. The van der Waals surface area contributed by atoms with Gasteiger partial charge in [-0.3, -0.25) is 0 Å². The maximum atomic E-state index is 5.93. The van der Waals surface area contributed by atoms with E-state index in [-0.39, 0.29) is 6.04 Å². The molecule has 2 N–H and O–H groups in total. The van der Waals surface area contributed by atoms with E-state index in [4.69, 9.17) is 15.0 Å². The van der Waals surface area contributed by atoms with Crippen molar-refractivity contribution >= 4 is 0 Å². The second kappa shape index (κ2) is 8.21. The van der Waals surface area contributed by atoms with Gasteiger partial charge in [-0.15, -0.1) is 0 Å². The van der Waals surface area contributed by atoms with E-state index in [9.17, 15) is 0 Å². The quantitative estimate of drug-likeness (QED) is 0.734. The van der Waals surface area contributed by atoms with Gasteiger partial charge in [-0.05, 0) is 19.8 Å². The first-order chi connectivity index (χ1) is 8.72. The van der Waals surface area contributed by atoms with E-state index in [0.29, 0.717) is 25.0 Å². The molecule has 1 aromatic heterocycles. The number of nitrogens with two attached hydrogens (primary N) is 1. The molecule has 104 valence electrons. The SMILES string of the molecule is CCCC(CCC)c1nc(C(N)COCC)no1. The van der Waals surface area contributed by atoms with E-state index < -0.39 is 0 Å². The largest absolute Gasteiger partial charge is 0.380 e. The van der Waals surface area contributed by atoms with Gasteiger partial charge in [-0.25, -0.2) is 0 Å². The summed E-state index contributed by atoms with van der Waals surface area (Å²) in [5.74, 6) is 1.64. The zero-order chi connectivity index (χ0) is 13.4. The summed E-state index contributed by atoms with van der Waals surface area (Å²) < 4.78 is 10.6. The fourth-order valence-electron chi connectivity index (χ4n) is 1.97. The summed E-state index contributed by atoms with van der Waals surface area (Å²) in [7, 11) is 0. The molecule has 5 heteroatoms. The zero-order valence-electron chi connectivity index (χ0n) is 11.7. The highest BCUT2D eigenvalue weighted by Gasteiger charge is 2.20. The van der Waals surface area contributed by atoms with Crippen molar-refractivity contribution in [2.45, 2.75) is 58.4 Å². The molecule has 1 unspecified atom stereocenters. The molecule has 0 spiro atoms. The minimum absolute atomic E-state index is 0.300. The lowest BCUT2D eigenvalue weighted by Gasteiger charge is -2.09. The zero-order valence-corrected chi connectivity index (χ0v) is 11.7. The van der Waals surface area contributed by atoms with Crippen LogP contribution in [-0.2, 0) is 4.74 Å². The highest BCUT2D eigenvalue weighted by atomic mass is 16.5. The predicted octanol–water partition coefficient (Wildman–Crippen LogP) is 2.79. The Balaban J connectivity index is 2.64. The van der Waals surface area contributed by atoms with E-state index >= 15 is 0 Å². The van der Waals surface area contributed by atoms with Gasteiger partial charge in [0.1, 0.15) is 0 Å². The Kier molecular flexibility index (Phi) is 6.90. The predicted molar refractivity (Wildman–Crippen MR) is 70.3 cm³/mol. The first-order valence-corrected chi connectivity index (χ1v) is 6.89. The maximum Gasteiger partial charge on any atom is 0.229 e. The van der Waals surface area contributed by atoms with Crippen molar-refractivity contribution in [3.63, 3.8) is 0 Å². The molecule has 1 heterocycles. The molecule has 1 rings (SSSR count). The molecule has 1 atom stereocenters. The van der Waals surface area contributed by atoms with Gasteiger partial charge in [-0.1, -0.05) is 31.8 Å². The summed E-state index contributed by atoms with van der Waals surface area (Å²) in [5, 5.41) is 3.96. The highest BCUT2D eigenvalue weighted by Crippen LogP contribution is 2.25. The first kappa shape index (κ1) is 15.1. The second-order valence-corrected chi connectivity index (χ2v) is 4.53. The maximum absolute atomic E-state index is 5.93. The topological polar surface area (TPSA) is 74.2 Å².